The van der Waals surface area contributed by atoms with Gasteiger partial charge >= 0.3 is 0 Å². The molecule has 0 unspecified atom stereocenters. The highest BCUT2D eigenvalue weighted by molar-refractivity contribution is 5.94. The molecule has 1 aromatic rings. The van der Waals surface area contributed by atoms with Gasteiger partial charge in [-0.25, -0.2) is 4.39 Å². The molecule has 1 rings (SSSR count). The lowest BCUT2D eigenvalue weighted by molar-refractivity contribution is 0.101. The molecule has 0 aliphatic heterocycles. The number of carbonyl (C=O) groups is 1. The Labute approximate surface area is 98.4 Å². The standard InChI is InChI=1S/C12H12FN3O/c1-9(17)10-5-6-12(13)11(8-10)4-2-3-7-15-16-14/h2,4-6,8H,3,7H2,1H3. The largest absolute Gasteiger partial charge is 0.295 e. The number of azide groups is 1. The number of halogens is 1. The summed E-state index contributed by atoms with van der Waals surface area (Å²) in [5.74, 6) is -0.483. The maximum absolute atomic E-state index is 13.4. The molecule has 88 valence electrons. The number of hydrogen-bond acceptors (Lipinski definition) is 2. The molecule has 0 saturated heterocycles. The van der Waals surface area contributed by atoms with Crippen molar-refractivity contribution in [2.75, 3.05) is 6.54 Å². The molecule has 17 heavy (non-hydrogen) atoms. The quantitative estimate of drug-likeness (QED) is 0.251. The fourth-order valence-electron chi connectivity index (χ4n) is 1.28. The van der Waals surface area contributed by atoms with Gasteiger partial charge in [0.1, 0.15) is 5.82 Å². The van der Waals surface area contributed by atoms with Gasteiger partial charge in [-0.1, -0.05) is 17.3 Å². The minimum Gasteiger partial charge on any atom is -0.295 e. The van der Waals surface area contributed by atoms with Crippen molar-refractivity contribution in [2.45, 2.75) is 13.3 Å². The van der Waals surface area contributed by atoms with Crippen LogP contribution in [0.15, 0.2) is 29.4 Å². The molecule has 0 heterocycles. The number of carbonyl (C=O) groups excluding carboxylic acids is 1. The van der Waals surface area contributed by atoms with E-state index in [0.29, 0.717) is 24.1 Å². The maximum atomic E-state index is 13.4. The fourth-order valence-corrected chi connectivity index (χ4v) is 1.28. The predicted octanol–water partition coefficient (Wildman–Crippen LogP) is 3.74. The minimum absolute atomic E-state index is 0.103. The van der Waals surface area contributed by atoms with E-state index in [1.165, 1.54) is 25.1 Å². The Kier molecular flexibility index (Phi) is 4.91. The van der Waals surface area contributed by atoms with E-state index >= 15 is 0 Å². The van der Waals surface area contributed by atoms with Crippen molar-refractivity contribution in [3.8, 4) is 0 Å². The minimum atomic E-state index is -0.380. The number of rotatable bonds is 5. The van der Waals surface area contributed by atoms with Gasteiger partial charge in [0.15, 0.2) is 5.78 Å². The molecular formula is C12H12FN3O. The lowest BCUT2D eigenvalue weighted by Crippen LogP contribution is -1.94. The number of nitrogens with zero attached hydrogens (tertiary/aromatic N) is 3. The summed E-state index contributed by atoms with van der Waals surface area (Å²) in [4.78, 5) is 13.7. The Hall–Kier alpha value is -2.13. The van der Waals surface area contributed by atoms with Crippen LogP contribution in [0.25, 0.3) is 16.5 Å². The topological polar surface area (TPSA) is 65.8 Å². The highest BCUT2D eigenvalue weighted by atomic mass is 19.1. The van der Waals surface area contributed by atoms with E-state index in [4.69, 9.17) is 5.53 Å². The second-order valence-electron chi connectivity index (χ2n) is 3.44. The van der Waals surface area contributed by atoms with E-state index in [0.717, 1.165) is 0 Å². The second-order valence-corrected chi connectivity index (χ2v) is 3.44. The van der Waals surface area contributed by atoms with Gasteiger partial charge < -0.3 is 0 Å². The Morgan fingerprint density at radius 3 is 3.00 bits per heavy atom. The molecule has 0 fully saturated rings. The lowest BCUT2D eigenvalue weighted by Gasteiger charge is -2.00. The Bertz CT molecular complexity index is 491. The van der Waals surface area contributed by atoms with Crippen molar-refractivity contribution in [1.29, 1.82) is 0 Å². The molecule has 0 bridgehead atoms. The number of ketones is 1. The average Bonchev–Trinajstić information content (AvgIpc) is 2.30. The first-order valence-corrected chi connectivity index (χ1v) is 5.13. The van der Waals surface area contributed by atoms with Gasteiger partial charge in [0.25, 0.3) is 0 Å². The summed E-state index contributed by atoms with van der Waals surface area (Å²) < 4.78 is 13.4. The molecule has 0 aliphatic carbocycles. The Morgan fingerprint density at radius 1 is 1.59 bits per heavy atom. The second kappa shape index (κ2) is 6.45. The van der Waals surface area contributed by atoms with E-state index in [9.17, 15) is 9.18 Å². The van der Waals surface area contributed by atoms with Crippen molar-refractivity contribution in [2.24, 2.45) is 5.11 Å². The van der Waals surface area contributed by atoms with Crippen LogP contribution >= 0.6 is 0 Å². The van der Waals surface area contributed by atoms with Gasteiger partial charge in [-0.05, 0) is 37.1 Å². The van der Waals surface area contributed by atoms with E-state index in [1.54, 1.807) is 12.2 Å². The van der Waals surface area contributed by atoms with Crippen LogP contribution < -0.4 is 0 Å². The molecule has 0 aromatic heterocycles. The van der Waals surface area contributed by atoms with Gasteiger partial charge in [-0.2, -0.15) is 0 Å². The molecule has 4 nitrogen and oxygen atoms in total. The molecule has 0 spiro atoms. The maximum Gasteiger partial charge on any atom is 0.159 e. The molecule has 0 aliphatic rings. The summed E-state index contributed by atoms with van der Waals surface area (Å²) in [5, 5.41) is 3.35. The molecule has 0 radical (unpaired) electrons. The SMILES string of the molecule is CC(=O)c1ccc(F)c(C=CCCN=[N+]=[N-])c1. The zero-order chi connectivity index (χ0) is 12.7. The Morgan fingerprint density at radius 2 is 2.35 bits per heavy atom. The zero-order valence-corrected chi connectivity index (χ0v) is 9.43. The summed E-state index contributed by atoms with van der Waals surface area (Å²) in [6.07, 6.45) is 3.82. The van der Waals surface area contributed by atoms with Gasteiger partial charge in [0, 0.05) is 22.6 Å². The third-order valence-electron chi connectivity index (χ3n) is 2.16. The van der Waals surface area contributed by atoms with Crippen LogP contribution in [-0.2, 0) is 0 Å². The normalized spacial score (nSPS) is 10.2. The zero-order valence-electron chi connectivity index (χ0n) is 9.43. The average molecular weight is 233 g/mol. The van der Waals surface area contributed by atoms with Crippen molar-refractivity contribution >= 4 is 11.9 Å². The number of Topliss-reactive ketones (excluding diaryl/α,β-unsaturated/α-hetero) is 1. The predicted molar refractivity (Wildman–Crippen MR) is 64.1 cm³/mol. The summed E-state index contributed by atoms with van der Waals surface area (Å²) >= 11 is 0. The fraction of sp³-hybridized carbons (Fsp3) is 0.250. The third-order valence-corrected chi connectivity index (χ3v) is 2.16. The summed E-state index contributed by atoms with van der Waals surface area (Å²) in [6.45, 7) is 1.77. The number of hydrogen-bond donors (Lipinski definition) is 0. The first-order valence-electron chi connectivity index (χ1n) is 5.13. The van der Waals surface area contributed by atoms with E-state index in [1.807, 2.05) is 0 Å². The van der Waals surface area contributed by atoms with Crippen LogP contribution in [0.4, 0.5) is 4.39 Å². The summed E-state index contributed by atoms with van der Waals surface area (Å²) in [6, 6.07) is 4.22. The van der Waals surface area contributed by atoms with Gasteiger partial charge in [-0.15, -0.1) is 0 Å². The molecule has 5 heteroatoms. The highest BCUT2D eigenvalue weighted by Crippen LogP contribution is 2.13. The number of benzene rings is 1. The molecule has 1 aromatic carbocycles. The first kappa shape index (κ1) is 12.9. The van der Waals surface area contributed by atoms with Gasteiger partial charge in [0.05, 0.1) is 0 Å². The van der Waals surface area contributed by atoms with E-state index < -0.39 is 0 Å². The van der Waals surface area contributed by atoms with Crippen LogP contribution in [0.1, 0.15) is 29.3 Å². The van der Waals surface area contributed by atoms with Crippen molar-refractivity contribution in [1.82, 2.24) is 0 Å². The Balaban J connectivity index is 2.78. The van der Waals surface area contributed by atoms with Crippen molar-refractivity contribution in [3.05, 3.63) is 51.7 Å². The third kappa shape index (κ3) is 4.09. The molecule has 0 saturated carbocycles. The molecule has 0 N–H and O–H groups in total. The van der Waals surface area contributed by atoms with Crippen molar-refractivity contribution in [3.63, 3.8) is 0 Å². The summed E-state index contributed by atoms with van der Waals surface area (Å²) in [7, 11) is 0. The van der Waals surface area contributed by atoms with Gasteiger partial charge in [0.2, 0.25) is 0 Å². The van der Waals surface area contributed by atoms with E-state index in [-0.39, 0.29) is 11.6 Å². The van der Waals surface area contributed by atoms with Crippen LogP contribution in [0.2, 0.25) is 0 Å². The van der Waals surface area contributed by atoms with E-state index in [2.05, 4.69) is 10.0 Å². The highest BCUT2D eigenvalue weighted by Gasteiger charge is 2.03. The van der Waals surface area contributed by atoms with Crippen LogP contribution in [0, 0.1) is 5.82 Å². The molecular weight excluding hydrogens is 221 g/mol. The van der Waals surface area contributed by atoms with Gasteiger partial charge in [-0.3, -0.25) is 4.79 Å². The van der Waals surface area contributed by atoms with Crippen LogP contribution in [0.3, 0.4) is 0 Å². The van der Waals surface area contributed by atoms with Crippen molar-refractivity contribution < 1.29 is 9.18 Å². The molecule has 0 amide bonds. The molecule has 0 atom stereocenters. The monoisotopic (exact) mass is 233 g/mol. The smallest absolute Gasteiger partial charge is 0.159 e. The lowest BCUT2D eigenvalue weighted by atomic mass is 10.1. The first-order chi connectivity index (χ1) is 8.15. The van der Waals surface area contributed by atoms with Crippen LogP contribution in [-0.4, -0.2) is 12.3 Å². The summed E-state index contributed by atoms with van der Waals surface area (Å²) in [5.41, 5.74) is 8.89. The van der Waals surface area contributed by atoms with Crippen LogP contribution in [0.5, 0.6) is 0 Å².